The fraction of sp³-hybridized carbons (Fsp3) is 0.500. The molecular weight excluding hydrogens is 303 g/mol. The topological polar surface area (TPSA) is 73.8 Å². The lowest BCUT2D eigenvalue weighted by atomic mass is 9.94. The van der Waals surface area contributed by atoms with Crippen LogP contribution in [0.2, 0.25) is 0 Å². The Hall–Kier alpha value is -1.40. The van der Waals surface area contributed by atoms with Gasteiger partial charge in [0.05, 0.1) is 27.2 Å². The highest BCUT2D eigenvalue weighted by Crippen LogP contribution is 2.37. The molecule has 1 fully saturated rings. The maximum atomic E-state index is 11.0. The Morgan fingerprint density at radius 3 is 2.90 bits per heavy atom. The third-order valence-corrected chi connectivity index (χ3v) is 4.90. The van der Waals surface area contributed by atoms with Gasteiger partial charge in [-0.05, 0) is 25.3 Å². The number of non-ortho nitro benzene ring substituents is 1. The molecule has 0 spiro atoms. The molecule has 1 aliphatic rings. The Morgan fingerprint density at radius 1 is 1.35 bits per heavy atom. The summed E-state index contributed by atoms with van der Waals surface area (Å²) in [5.41, 5.74) is 0.872. The van der Waals surface area contributed by atoms with Crippen LogP contribution in [0.5, 0.6) is 0 Å². The Balaban J connectivity index is 2.09. The first-order valence-corrected chi connectivity index (χ1v) is 7.23. The van der Waals surface area contributed by atoms with Gasteiger partial charge in [-0.15, -0.1) is 28.3 Å². The largest absolute Gasteiger partial charge is 0.299 e. The number of benzene rings is 1. The Kier molecular flexibility index (Phi) is 3.52. The molecule has 20 heavy (non-hydrogen) atoms. The van der Waals surface area contributed by atoms with Gasteiger partial charge in [-0.1, -0.05) is 11.3 Å². The van der Waals surface area contributed by atoms with Crippen molar-refractivity contribution >= 4 is 39.9 Å². The van der Waals surface area contributed by atoms with Crippen molar-refractivity contribution in [2.24, 2.45) is 0 Å². The number of alkyl halides is 2. The van der Waals surface area contributed by atoms with Crippen molar-refractivity contribution in [2.75, 3.05) is 0 Å². The van der Waals surface area contributed by atoms with E-state index >= 15 is 0 Å². The van der Waals surface area contributed by atoms with Crippen molar-refractivity contribution in [1.82, 2.24) is 15.0 Å². The Bertz CT molecular complexity index is 660. The number of fused-ring (bicyclic) bond motifs is 1. The minimum Gasteiger partial charge on any atom is -0.258 e. The fourth-order valence-electron chi connectivity index (χ4n) is 2.68. The van der Waals surface area contributed by atoms with E-state index in [1.54, 1.807) is 16.8 Å². The highest BCUT2D eigenvalue weighted by Gasteiger charge is 2.34. The number of hydrogen-bond donors (Lipinski definition) is 0. The first-order valence-electron chi connectivity index (χ1n) is 6.36. The van der Waals surface area contributed by atoms with E-state index in [0.717, 1.165) is 19.3 Å². The molecule has 1 aromatic carbocycles. The van der Waals surface area contributed by atoms with Crippen molar-refractivity contribution < 1.29 is 4.92 Å². The lowest BCUT2D eigenvalue weighted by molar-refractivity contribution is -0.383. The summed E-state index contributed by atoms with van der Waals surface area (Å²) in [4.78, 5) is 10.5. The molecule has 1 saturated carbocycles. The number of hydrogen-bond acceptors (Lipinski definition) is 4. The summed E-state index contributed by atoms with van der Waals surface area (Å²) in [5, 5.41) is 18.6. The SMILES string of the molecule is O=[N+]([O-])c1cccc2c1nnn2C1CCCC(Cl)C1Cl. The van der Waals surface area contributed by atoms with E-state index < -0.39 is 4.92 Å². The summed E-state index contributed by atoms with van der Waals surface area (Å²) >= 11 is 12.6. The van der Waals surface area contributed by atoms with E-state index in [4.69, 9.17) is 23.2 Å². The molecule has 3 rings (SSSR count). The first-order chi connectivity index (χ1) is 9.59. The summed E-state index contributed by atoms with van der Waals surface area (Å²) in [5.74, 6) is 0. The van der Waals surface area contributed by atoms with E-state index in [-0.39, 0.29) is 28.0 Å². The van der Waals surface area contributed by atoms with Gasteiger partial charge in [-0.3, -0.25) is 10.1 Å². The molecule has 8 heteroatoms. The normalized spacial score (nSPS) is 26.8. The molecule has 6 nitrogen and oxygen atoms in total. The van der Waals surface area contributed by atoms with Crippen molar-refractivity contribution in [2.45, 2.75) is 36.1 Å². The second kappa shape index (κ2) is 5.18. The predicted octanol–water partition coefficient (Wildman–Crippen LogP) is 3.28. The predicted molar refractivity (Wildman–Crippen MR) is 76.4 cm³/mol. The third-order valence-electron chi connectivity index (χ3n) is 3.69. The van der Waals surface area contributed by atoms with Crippen LogP contribution in [0, 0.1) is 10.1 Å². The molecule has 106 valence electrons. The Labute approximate surface area is 124 Å². The summed E-state index contributed by atoms with van der Waals surface area (Å²) in [6.07, 6.45) is 2.68. The zero-order valence-corrected chi connectivity index (χ0v) is 12.0. The summed E-state index contributed by atoms with van der Waals surface area (Å²) in [7, 11) is 0. The average Bonchev–Trinajstić information content (AvgIpc) is 2.85. The highest BCUT2D eigenvalue weighted by molar-refractivity contribution is 6.30. The molecule has 0 aliphatic heterocycles. The molecule has 0 N–H and O–H groups in total. The summed E-state index contributed by atoms with van der Waals surface area (Å²) < 4.78 is 1.68. The maximum absolute atomic E-state index is 11.0. The van der Waals surface area contributed by atoms with E-state index in [0.29, 0.717) is 5.52 Å². The lowest BCUT2D eigenvalue weighted by Gasteiger charge is -2.30. The molecular formula is C12H12Cl2N4O2. The second-order valence-corrected chi connectivity index (χ2v) is 5.96. The zero-order chi connectivity index (χ0) is 14.3. The summed E-state index contributed by atoms with van der Waals surface area (Å²) in [6.45, 7) is 0. The van der Waals surface area contributed by atoms with Crippen LogP contribution in [0.3, 0.4) is 0 Å². The van der Waals surface area contributed by atoms with E-state index in [1.807, 2.05) is 0 Å². The van der Waals surface area contributed by atoms with Crippen LogP contribution in [0.25, 0.3) is 11.0 Å². The van der Waals surface area contributed by atoms with Gasteiger partial charge >= 0.3 is 0 Å². The smallest absolute Gasteiger partial charge is 0.258 e. The second-order valence-electron chi connectivity index (χ2n) is 4.89. The van der Waals surface area contributed by atoms with Crippen LogP contribution in [-0.4, -0.2) is 30.7 Å². The number of rotatable bonds is 2. The van der Waals surface area contributed by atoms with Gasteiger partial charge in [0.15, 0.2) is 5.52 Å². The number of nitrogens with zero attached hydrogens (tertiary/aromatic N) is 4. The van der Waals surface area contributed by atoms with E-state index in [2.05, 4.69) is 10.3 Å². The minimum absolute atomic E-state index is 0.0434. The van der Waals surface area contributed by atoms with Gasteiger partial charge in [0, 0.05) is 6.07 Å². The molecule has 1 heterocycles. The van der Waals surface area contributed by atoms with Gasteiger partial charge < -0.3 is 0 Å². The zero-order valence-electron chi connectivity index (χ0n) is 10.4. The molecule has 0 saturated heterocycles. The maximum Gasteiger partial charge on any atom is 0.299 e. The molecule has 0 radical (unpaired) electrons. The van der Waals surface area contributed by atoms with Crippen LogP contribution in [0.15, 0.2) is 18.2 Å². The summed E-state index contributed by atoms with van der Waals surface area (Å²) in [6, 6.07) is 4.74. The molecule has 0 amide bonds. The fourth-order valence-corrected chi connectivity index (χ4v) is 3.36. The van der Waals surface area contributed by atoms with Crippen molar-refractivity contribution in [3.05, 3.63) is 28.3 Å². The standard InChI is InChI=1S/C12H12Cl2N4O2/c13-7-3-1-4-8(11(7)14)17-9-5-2-6-10(18(19)20)12(9)15-16-17/h2,5-8,11H,1,3-4H2. The number of nitro groups is 1. The number of nitro benzene ring substituents is 1. The minimum atomic E-state index is -0.454. The molecule has 1 aromatic heterocycles. The first kappa shape index (κ1) is 13.6. The van der Waals surface area contributed by atoms with Gasteiger partial charge in [-0.25, -0.2) is 4.68 Å². The molecule has 2 aromatic rings. The number of aromatic nitrogens is 3. The van der Waals surface area contributed by atoms with Crippen molar-refractivity contribution in [3.63, 3.8) is 0 Å². The van der Waals surface area contributed by atoms with Crippen molar-refractivity contribution in [1.29, 1.82) is 0 Å². The van der Waals surface area contributed by atoms with Crippen LogP contribution >= 0.6 is 23.2 Å². The van der Waals surface area contributed by atoms with E-state index in [1.165, 1.54) is 6.07 Å². The van der Waals surface area contributed by atoms with Crippen LogP contribution in [0.4, 0.5) is 5.69 Å². The molecule has 0 bridgehead atoms. The van der Waals surface area contributed by atoms with Crippen molar-refractivity contribution in [3.8, 4) is 0 Å². The number of halogens is 2. The van der Waals surface area contributed by atoms with Gasteiger partial charge in [-0.2, -0.15) is 0 Å². The molecule has 3 unspecified atom stereocenters. The average molecular weight is 315 g/mol. The monoisotopic (exact) mass is 314 g/mol. The third kappa shape index (κ3) is 2.13. The quantitative estimate of drug-likeness (QED) is 0.484. The van der Waals surface area contributed by atoms with Gasteiger partial charge in [0.1, 0.15) is 0 Å². The van der Waals surface area contributed by atoms with Gasteiger partial charge in [0.2, 0.25) is 0 Å². The van der Waals surface area contributed by atoms with E-state index in [9.17, 15) is 10.1 Å². The molecule has 3 atom stereocenters. The lowest BCUT2D eigenvalue weighted by Crippen LogP contribution is -2.32. The molecule has 1 aliphatic carbocycles. The highest BCUT2D eigenvalue weighted by atomic mass is 35.5. The van der Waals surface area contributed by atoms with Crippen LogP contribution < -0.4 is 0 Å². The van der Waals surface area contributed by atoms with Gasteiger partial charge in [0.25, 0.3) is 5.69 Å². The Morgan fingerprint density at radius 2 is 2.15 bits per heavy atom. The van der Waals surface area contributed by atoms with Crippen LogP contribution in [-0.2, 0) is 0 Å². The van der Waals surface area contributed by atoms with Crippen LogP contribution in [0.1, 0.15) is 25.3 Å².